The molecule has 1 aromatic carbocycles. The first-order valence-electron chi connectivity index (χ1n) is 9.50. The predicted octanol–water partition coefficient (Wildman–Crippen LogP) is 3.74. The number of ketones is 2. The predicted molar refractivity (Wildman–Crippen MR) is 98.2 cm³/mol. The van der Waals surface area contributed by atoms with Crippen LogP contribution in [0.3, 0.4) is 0 Å². The summed E-state index contributed by atoms with van der Waals surface area (Å²) in [6.45, 7) is 1.96. The summed E-state index contributed by atoms with van der Waals surface area (Å²) in [5, 5.41) is 22.2. The van der Waals surface area contributed by atoms with Crippen LogP contribution in [0.2, 0.25) is 0 Å². The Bertz CT molecular complexity index is 970. The molecule has 27 heavy (non-hydrogen) atoms. The molecule has 6 rings (SSSR count). The van der Waals surface area contributed by atoms with E-state index in [0.717, 1.165) is 12.0 Å². The maximum absolute atomic E-state index is 13.3. The maximum atomic E-state index is 13.3. The molecule has 0 radical (unpaired) electrons. The summed E-state index contributed by atoms with van der Waals surface area (Å²) in [4.78, 5) is 26.5. The van der Waals surface area contributed by atoms with Crippen LogP contribution in [0.15, 0.2) is 23.8 Å². The minimum absolute atomic E-state index is 0.00965. The molecule has 5 nitrogen and oxygen atoms in total. The Morgan fingerprint density at radius 3 is 2.48 bits per heavy atom. The molecule has 1 aromatic rings. The van der Waals surface area contributed by atoms with Crippen LogP contribution in [-0.2, 0) is 10.3 Å². The number of hydrogen-bond acceptors (Lipinski definition) is 5. The number of phenols is 2. The third kappa shape index (κ3) is 1.93. The Morgan fingerprint density at radius 1 is 1.11 bits per heavy atom. The van der Waals surface area contributed by atoms with Gasteiger partial charge in [0.15, 0.2) is 11.6 Å². The topological polar surface area (TPSA) is 83.8 Å². The Labute approximate surface area is 157 Å². The zero-order valence-corrected chi connectivity index (χ0v) is 15.4. The summed E-state index contributed by atoms with van der Waals surface area (Å²) in [7, 11) is 1.56. The molecular weight excluding hydrogens is 344 g/mol. The van der Waals surface area contributed by atoms with Crippen molar-refractivity contribution >= 4 is 11.6 Å². The van der Waals surface area contributed by atoms with Crippen LogP contribution in [0.5, 0.6) is 11.5 Å². The van der Waals surface area contributed by atoms with Crippen LogP contribution in [0.4, 0.5) is 0 Å². The van der Waals surface area contributed by atoms with E-state index >= 15 is 0 Å². The number of benzene rings is 1. The molecule has 5 aliphatic rings. The number of carbonyl (C=O) groups excluding carboxylic acids is 2. The molecule has 2 N–H and O–H groups in total. The number of phenolic OH excluding ortho intramolecular Hbond substituents is 2. The van der Waals surface area contributed by atoms with Crippen molar-refractivity contribution in [3.05, 3.63) is 46.1 Å². The first kappa shape index (κ1) is 16.8. The van der Waals surface area contributed by atoms with Crippen LogP contribution in [0, 0.1) is 11.8 Å². The van der Waals surface area contributed by atoms with E-state index in [0.29, 0.717) is 30.4 Å². The van der Waals surface area contributed by atoms with E-state index in [1.54, 1.807) is 7.11 Å². The number of ether oxygens (including phenoxy) is 1. The van der Waals surface area contributed by atoms with Gasteiger partial charge >= 0.3 is 0 Å². The van der Waals surface area contributed by atoms with Crippen LogP contribution < -0.4 is 0 Å². The van der Waals surface area contributed by atoms with Crippen molar-refractivity contribution in [3.8, 4) is 11.5 Å². The third-order valence-electron chi connectivity index (χ3n) is 6.98. The van der Waals surface area contributed by atoms with Crippen LogP contribution in [-0.4, -0.2) is 28.9 Å². The number of carbonyl (C=O) groups is 2. The number of aromatic hydroxyl groups is 2. The highest BCUT2D eigenvalue weighted by atomic mass is 16.5. The van der Waals surface area contributed by atoms with Crippen molar-refractivity contribution in [3.63, 3.8) is 0 Å². The number of allylic oxidation sites excluding steroid dienone is 3. The Kier molecular flexibility index (Phi) is 3.30. The maximum Gasteiger partial charge on any atom is 0.171 e. The minimum atomic E-state index is -0.858. The third-order valence-corrected chi connectivity index (χ3v) is 6.98. The summed E-state index contributed by atoms with van der Waals surface area (Å²) >= 11 is 0. The molecule has 0 aliphatic heterocycles. The van der Waals surface area contributed by atoms with E-state index < -0.39 is 17.4 Å². The molecule has 0 saturated heterocycles. The highest BCUT2D eigenvalue weighted by molar-refractivity contribution is 6.19. The van der Waals surface area contributed by atoms with Gasteiger partial charge in [0.25, 0.3) is 0 Å². The fourth-order valence-electron chi connectivity index (χ4n) is 5.55. The molecule has 0 heterocycles. The fourth-order valence-corrected chi connectivity index (χ4v) is 5.55. The first-order valence-corrected chi connectivity index (χ1v) is 9.50. The second-order valence-electron chi connectivity index (χ2n) is 8.27. The summed E-state index contributed by atoms with van der Waals surface area (Å²) < 4.78 is 5.74. The van der Waals surface area contributed by atoms with Crippen LogP contribution in [0.25, 0.3) is 0 Å². The van der Waals surface area contributed by atoms with Crippen molar-refractivity contribution in [1.29, 1.82) is 0 Å². The van der Waals surface area contributed by atoms with E-state index in [-0.39, 0.29) is 40.1 Å². The summed E-state index contributed by atoms with van der Waals surface area (Å²) in [5.41, 5.74) is 1.23. The van der Waals surface area contributed by atoms with Gasteiger partial charge in [-0.05, 0) is 32.6 Å². The second kappa shape index (κ2) is 5.32. The minimum Gasteiger partial charge on any atom is -0.507 e. The first-order chi connectivity index (χ1) is 12.9. The number of Topliss-reactive ketones (excluding diaryl/α,β-unsaturated/α-hetero) is 2. The van der Waals surface area contributed by atoms with Gasteiger partial charge in [-0.25, -0.2) is 0 Å². The molecule has 2 bridgehead atoms. The lowest BCUT2D eigenvalue weighted by molar-refractivity contribution is 0.00405. The van der Waals surface area contributed by atoms with E-state index in [1.165, 1.54) is 0 Å². The number of methoxy groups -OCH3 is 1. The normalized spacial score (nSPS) is 33.4. The zero-order valence-electron chi connectivity index (χ0n) is 15.4. The summed E-state index contributed by atoms with van der Waals surface area (Å²) in [5.74, 6) is -1.80. The van der Waals surface area contributed by atoms with Gasteiger partial charge in [0.1, 0.15) is 17.1 Å². The Balaban J connectivity index is 1.81. The van der Waals surface area contributed by atoms with Gasteiger partial charge in [-0.3, -0.25) is 9.59 Å². The van der Waals surface area contributed by atoms with Gasteiger partial charge in [-0.15, -0.1) is 0 Å². The molecule has 5 heteroatoms. The van der Waals surface area contributed by atoms with Gasteiger partial charge in [0.05, 0.1) is 11.1 Å². The van der Waals surface area contributed by atoms with Gasteiger partial charge in [-0.1, -0.05) is 23.8 Å². The lowest BCUT2D eigenvalue weighted by Crippen LogP contribution is -2.41. The molecule has 4 unspecified atom stereocenters. The SMILES string of the molecule is COC12C=CC(CC1)c1c(O)c3c(c(O)c12)C(=O)C1CC(C)=CCC1C3=O. The molecule has 0 spiro atoms. The van der Waals surface area contributed by atoms with Crippen molar-refractivity contribution in [2.75, 3.05) is 7.11 Å². The number of hydrogen-bond donors (Lipinski definition) is 2. The fraction of sp³-hybridized carbons (Fsp3) is 0.455. The molecule has 0 amide bonds. The van der Waals surface area contributed by atoms with Crippen LogP contribution in [0.1, 0.15) is 70.4 Å². The van der Waals surface area contributed by atoms with E-state index in [4.69, 9.17) is 4.74 Å². The largest absolute Gasteiger partial charge is 0.507 e. The molecular formula is C22H22O5. The Hall–Kier alpha value is -2.40. The molecule has 0 fully saturated rings. The summed E-state index contributed by atoms with van der Waals surface area (Å²) in [6.07, 6.45) is 8.31. The van der Waals surface area contributed by atoms with Crippen molar-refractivity contribution in [2.45, 2.75) is 44.1 Å². The quantitative estimate of drug-likeness (QED) is 0.584. The number of fused-ring (bicyclic) bond motifs is 3. The van der Waals surface area contributed by atoms with Crippen molar-refractivity contribution < 1.29 is 24.5 Å². The average molecular weight is 366 g/mol. The van der Waals surface area contributed by atoms with Gasteiger partial charge in [-0.2, -0.15) is 0 Å². The monoisotopic (exact) mass is 366 g/mol. The van der Waals surface area contributed by atoms with Crippen molar-refractivity contribution in [1.82, 2.24) is 0 Å². The van der Waals surface area contributed by atoms with Gasteiger partial charge in [0.2, 0.25) is 0 Å². The van der Waals surface area contributed by atoms with E-state index in [2.05, 4.69) is 0 Å². The lowest BCUT2D eigenvalue weighted by atomic mass is 9.62. The van der Waals surface area contributed by atoms with Gasteiger partial charge < -0.3 is 14.9 Å². The second-order valence-corrected chi connectivity index (χ2v) is 8.27. The highest BCUT2D eigenvalue weighted by Crippen LogP contribution is 2.59. The standard InChI is InChI=1S/C22H22O5/c1-10-3-4-12-13(9-10)19(24)16-15(18(12)23)20(25)14-11-5-7-22(27-2,8-6-11)17(14)21(16)26/h3,5,7,11-13,25-26H,4,6,8-9H2,1-2H3. The van der Waals surface area contributed by atoms with E-state index in [1.807, 2.05) is 25.2 Å². The molecule has 0 saturated carbocycles. The molecule has 0 aromatic heterocycles. The molecule has 4 atom stereocenters. The summed E-state index contributed by atoms with van der Waals surface area (Å²) in [6, 6.07) is 0. The molecule has 5 aliphatic carbocycles. The lowest BCUT2D eigenvalue weighted by Gasteiger charge is -2.45. The van der Waals surface area contributed by atoms with Gasteiger partial charge in [0, 0.05) is 36.0 Å². The van der Waals surface area contributed by atoms with E-state index in [9.17, 15) is 19.8 Å². The zero-order chi connectivity index (χ0) is 19.1. The smallest absolute Gasteiger partial charge is 0.171 e. The average Bonchev–Trinajstić information content (AvgIpc) is 2.69. The molecule has 140 valence electrons. The Morgan fingerprint density at radius 2 is 1.81 bits per heavy atom. The van der Waals surface area contributed by atoms with Crippen LogP contribution >= 0.6 is 0 Å². The van der Waals surface area contributed by atoms with Crippen molar-refractivity contribution in [2.24, 2.45) is 11.8 Å². The highest BCUT2D eigenvalue weighted by Gasteiger charge is 2.51. The number of rotatable bonds is 1.